The number of nitrogens with zero attached hydrogens (tertiary/aromatic N) is 2. The minimum atomic E-state index is 0.171. The molecule has 1 aromatic rings. The predicted octanol–water partition coefficient (Wildman–Crippen LogP) is 2.17. The quantitative estimate of drug-likeness (QED) is 0.741. The molecule has 0 unspecified atom stereocenters. The average Bonchev–Trinajstić information content (AvgIpc) is 2.06. The van der Waals surface area contributed by atoms with Gasteiger partial charge in [0.25, 0.3) is 0 Å². The first-order valence-corrected chi connectivity index (χ1v) is 4.78. The minimum absolute atomic E-state index is 0.171. The van der Waals surface area contributed by atoms with Gasteiger partial charge in [-0.1, -0.05) is 32.4 Å². The summed E-state index contributed by atoms with van der Waals surface area (Å²) in [6.45, 7) is 7.15. The summed E-state index contributed by atoms with van der Waals surface area (Å²) in [6, 6.07) is 0. The average molecular weight is 215 g/mol. The topological polar surface area (TPSA) is 63.8 Å². The predicted molar refractivity (Wildman–Crippen MR) is 59.4 cm³/mol. The molecular weight excluding hydrogens is 200 g/mol. The van der Waals surface area contributed by atoms with E-state index >= 15 is 0 Å². The van der Waals surface area contributed by atoms with Crippen LogP contribution in [-0.4, -0.2) is 16.5 Å². The van der Waals surface area contributed by atoms with Gasteiger partial charge in [-0.25, -0.2) is 9.97 Å². The van der Waals surface area contributed by atoms with Crippen LogP contribution in [0.1, 0.15) is 20.8 Å². The summed E-state index contributed by atoms with van der Waals surface area (Å²) in [5, 5.41) is 3.42. The molecule has 0 atom stereocenters. The molecule has 1 aromatic heterocycles. The number of anilines is 2. The molecule has 0 aliphatic heterocycles. The number of hydrogen-bond acceptors (Lipinski definition) is 4. The maximum Gasteiger partial charge on any atom is 0.157 e. The Balaban J connectivity index is 2.73. The van der Waals surface area contributed by atoms with Gasteiger partial charge < -0.3 is 11.1 Å². The van der Waals surface area contributed by atoms with Crippen LogP contribution in [0.5, 0.6) is 0 Å². The smallest absolute Gasteiger partial charge is 0.157 e. The lowest BCUT2D eigenvalue weighted by atomic mass is 9.97. The molecule has 0 aromatic carbocycles. The highest BCUT2D eigenvalue weighted by molar-refractivity contribution is 6.32. The fourth-order valence-electron chi connectivity index (χ4n) is 0.864. The highest BCUT2D eigenvalue weighted by Gasteiger charge is 2.12. The van der Waals surface area contributed by atoms with E-state index in [1.54, 1.807) is 0 Å². The van der Waals surface area contributed by atoms with Crippen LogP contribution in [0.25, 0.3) is 0 Å². The second-order valence-electron chi connectivity index (χ2n) is 4.34. The standard InChI is InChI=1S/C9H15ClN4/c1-9(2,3)4-12-8-6(11)7(10)13-5-14-8/h5H,4,11H2,1-3H3,(H,12,13,14). The molecule has 14 heavy (non-hydrogen) atoms. The molecule has 0 saturated heterocycles. The summed E-state index contributed by atoms with van der Waals surface area (Å²) in [5.74, 6) is 0.597. The Hall–Kier alpha value is -1.03. The molecule has 0 amide bonds. The van der Waals surface area contributed by atoms with Crippen molar-refractivity contribution in [2.75, 3.05) is 17.6 Å². The molecule has 1 rings (SSSR count). The maximum atomic E-state index is 5.75. The number of hydrogen-bond donors (Lipinski definition) is 2. The van der Waals surface area contributed by atoms with Crippen molar-refractivity contribution in [3.8, 4) is 0 Å². The van der Waals surface area contributed by atoms with Crippen LogP contribution in [-0.2, 0) is 0 Å². The normalized spacial score (nSPS) is 11.4. The fraction of sp³-hybridized carbons (Fsp3) is 0.556. The van der Waals surface area contributed by atoms with Crippen molar-refractivity contribution in [3.05, 3.63) is 11.5 Å². The van der Waals surface area contributed by atoms with E-state index in [1.807, 2.05) is 0 Å². The first kappa shape index (κ1) is 11.0. The lowest BCUT2D eigenvalue weighted by molar-refractivity contribution is 0.442. The van der Waals surface area contributed by atoms with E-state index in [1.165, 1.54) is 6.33 Å². The molecule has 0 aliphatic carbocycles. The summed E-state index contributed by atoms with van der Waals surface area (Å²) < 4.78 is 0. The summed E-state index contributed by atoms with van der Waals surface area (Å²) in [6.07, 6.45) is 1.39. The molecule has 5 heteroatoms. The number of nitrogen functional groups attached to an aromatic ring is 1. The molecule has 0 saturated carbocycles. The first-order valence-electron chi connectivity index (χ1n) is 4.40. The van der Waals surface area contributed by atoms with Crippen LogP contribution in [0, 0.1) is 5.41 Å². The van der Waals surface area contributed by atoms with Crippen molar-refractivity contribution in [1.29, 1.82) is 0 Å². The SMILES string of the molecule is CC(C)(C)CNc1ncnc(Cl)c1N. The Labute approximate surface area is 88.9 Å². The monoisotopic (exact) mass is 214 g/mol. The molecule has 0 aliphatic rings. The largest absolute Gasteiger partial charge is 0.393 e. The van der Waals surface area contributed by atoms with Crippen molar-refractivity contribution in [1.82, 2.24) is 9.97 Å². The van der Waals surface area contributed by atoms with Crippen molar-refractivity contribution in [2.45, 2.75) is 20.8 Å². The van der Waals surface area contributed by atoms with Crippen molar-refractivity contribution in [2.24, 2.45) is 5.41 Å². The Bertz CT molecular complexity index is 319. The molecule has 0 fully saturated rings. The van der Waals surface area contributed by atoms with Crippen LogP contribution in [0.4, 0.5) is 11.5 Å². The van der Waals surface area contributed by atoms with Crippen molar-refractivity contribution in [3.63, 3.8) is 0 Å². The third-order valence-corrected chi connectivity index (χ3v) is 1.92. The number of aromatic nitrogens is 2. The van der Waals surface area contributed by atoms with Crippen LogP contribution < -0.4 is 11.1 Å². The van der Waals surface area contributed by atoms with Gasteiger partial charge in [-0.2, -0.15) is 0 Å². The number of halogens is 1. The minimum Gasteiger partial charge on any atom is -0.393 e. The lowest BCUT2D eigenvalue weighted by Crippen LogP contribution is -2.20. The van der Waals surface area contributed by atoms with E-state index in [0.717, 1.165) is 6.54 Å². The number of rotatable bonds is 2. The van der Waals surface area contributed by atoms with Crippen molar-refractivity contribution >= 4 is 23.1 Å². The molecule has 1 heterocycles. The van der Waals surface area contributed by atoms with Gasteiger partial charge in [-0.15, -0.1) is 0 Å². The van der Waals surface area contributed by atoms with E-state index in [-0.39, 0.29) is 10.6 Å². The molecule has 0 bridgehead atoms. The van der Waals surface area contributed by atoms with E-state index < -0.39 is 0 Å². The number of nitrogens with two attached hydrogens (primary N) is 1. The molecule has 78 valence electrons. The molecule has 3 N–H and O–H groups in total. The Kier molecular flexibility index (Phi) is 3.16. The third-order valence-electron chi connectivity index (χ3n) is 1.62. The van der Waals surface area contributed by atoms with Gasteiger partial charge in [0.15, 0.2) is 11.0 Å². The zero-order chi connectivity index (χ0) is 10.8. The zero-order valence-electron chi connectivity index (χ0n) is 8.63. The summed E-state index contributed by atoms with van der Waals surface area (Å²) in [4.78, 5) is 7.78. The van der Waals surface area contributed by atoms with Crippen LogP contribution in [0.2, 0.25) is 5.15 Å². The molecule has 0 radical (unpaired) electrons. The molecule has 4 nitrogen and oxygen atoms in total. The Morgan fingerprint density at radius 2 is 2.07 bits per heavy atom. The summed E-state index contributed by atoms with van der Waals surface area (Å²) in [5.41, 5.74) is 6.26. The van der Waals surface area contributed by atoms with Crippen LogP contribution in [0.3, 0.4) is 0 Å². The Morgan fingerprint density at radius 3 is 2.64 bits per heavy atom. The van der Waals surface area contributed by atoms with Crippen LogP contribution >= 0.6 is 11.6 Å². The van der Waals surface area contributed by atoms with E-state index in [9.17, 15) is 0 Å². The fourth-order valence-corrected chi connectivity index (χ4v) is 0.997. The van der Waals surface area contributed by atoms with E-state index in [4.69, 9.17) is 17.3 Å². The van der Waals surface area contributed by atoms with Gasteiger partial charge >= 0.3 is 0 Å². The first-order chi connectivity index (χ1) is 6.40. The molecule has 0 spiro atoms. The van der Waals surface area contributed by atoms with Gasteiger partial charge in [0, 0.05) is 6.54 Å². The van der Waals surface area contributed by atoms with Gasteiger partial charge in [0.05, 0.1) is 0 Å². The highest BCUT2D eigenvalue weighted by atomic mass is 35.5. The zero-order valence-corrected chi connectivity index (χ0v) is 9.39. The van der Waals surface area contributed by atoms with Gasteiger partial charge in [-0.05, 0) is 5.41 Å². The van der Waals surface area contributed by atoms with Crippen molar-refractivity contribution < 1.29 is 0 Å². The van der Waals surface area contributed by atoms with E-state index in [0.29, 0.717) is 11.5 Å². The summed E-state index contributed by atoms with van der Waals surface area (Å²) >= 11 is 5.75. The Morgan fingerprint density at radius 1 is 1.43 bits per heavy atom. The van der Waals surface area contributed by atoms with E-state index in [2.05, 4.69) is 36.1 Å². The second-order valence-corrected chi connectivity index (χ2v) is 4.70. The van der Waals surface area contributed by atoms with Gasteiger partial charge in [0.1, 0.15) is 12.0 Å². The summed E-state index contributed by atoms with van der Waals surface area (Å²) in [7, 11) is 0. The number of nitrogens with one attached hydrogen (secondary N) is 1. The van der Waals surface area contributed by atoms with Crippen LogP contribution in [0.15, 0.2) is 6.33 Å². The lowest BCUT2D eigenvalue weighted by Gasteiger charge is -2.19. The van der Waals surface area contributed by atoms with Gasteiger partial charge in [-0.3, -0.25) is 0 Å². The highest BCUT2D eigenvalue weighted by Crippen LogP contribution is 2.23. The second kappa shape index (κ2) is 4.00. The maximum absolute atomic E-state index is 5.75. The molecular formula is C9H15ClN4. The van der Waals surface area contributed by atoms with Gasteiger partial charge in [0.2, 0.25) is 0 Å². The third kappa shape index (κ3) is 3.03.